The number of benzene rings is 1. The van der Waals surface area contributed by atoms with Crippen LogP contribution in [0, 0.1) is 5.92 Å². The van der Waals surface area contributed by atoms with Gasteiger partial charge in [0.25, 0.3) is 0 Å². The van der Waals surface area contributed by atoms with E-state index in [9.17, 15) is 4.79 Å². The first-order chi connectivity index (χ1) is 6.84. The average molecular weight is 185 g/mol. The highest BCUT2D eigenvalue weighted by atomic mass is 16.1. The monoisotopic (exact) mass is 185 g/mol. The number of nitrogens with one attached hydrogen (secondary N) is 1. The SMILES string of the molecule is O=C1CC2CC=c3ccccc3=C2N1. The maximum Gasteiger partial charge on any atom is 0.224 e. The number of amides is 1. The van der Waals surface area contributed by atoms with Crippen LogP contribution in [0.25, 0.3) is 11.8 Å². The maximum absolute atomic E-state index is 11.3. The number of hydrogen-bond acceptors (Lipinski definition) is 1. The zero-order valence-corrected chi connectivity index (χ0v) is 7.79. The highest BCUT2D eigenvalue weighted by molar-refractivity contribution is 5.89. The largest absolute Gasteiger partial charge is 0.329 e. The highest BCUT2D eigenvalue weighted by Crippen LogP contribution is 2.24. The van der Waals surface area contributed by atoms with E-state index in [1.807, 2.05) is 12.1 Å². The first kappa shape index (κ1) is 7.80. The van der Waals surface area contributed by atoms with Crippen molar-refractivity contribution in [3.05, 3.63) is 34.7 Å². The molecule has 70 valence electrons. The van der Waals surface area contributed by atoms with Crippen molar-refractivity contribution in [1.29, 1.82) is 0 Å². The van der Waals surface area contributed by atoms with Crippen LogP contribution in [-0.4, -0.2) is 5.91 Å². The molecular weight excluding hydrogens is 174 g/mol. The van der Waals surface area contributed by atoms with Gasteiger partial charge in [-0.2, -0.15) is 0 Å². The lowest BCUT2D eigenvalue weighted by Crippen LogP contribution is -2.34. The fourth-order valence-corrected chi connectivity index (χ4v) is 2.31. The Bertz CT molecular complexity index is 515. The second-order valence-corrected chi connectivity index (χ2v) is 3.89. The molecule has 1 fully saturated rings. The third kappa shape index (κ3) is 1.00. The molecule has 1 aromatic carbocycles. The van der Waals surface area contributed by atoms with Crippen molar-refractivity contribution >= 4 is 17.7 Å². The Kier molecular flexibility index (Phi) is 1.51. The van der Waals surface area contributed by atoms with Crippen LogP contribution < -0.4 is 15.8 Å². The third-order valence-corrected chi connectivity index (χ3v) is 2.99. The Balaban J connectivity index is 2.35. The van der Waals surface area contributed by atoms with E-state index in [-0.39, 0.29) is 5.91 Å². The Labute approximate surface area is 81.9 Å². The molecule has 1 unspecified atom stereocenters. The standard InChI is InChI=1S/C12H11NO/c14-11-7-9-6-5-8-3-1-2-4-10(8)12(9)13-11/h1-5,9H,6-7H2,(H,13,14). The molecule has 2 heteroatoms. The summed E-state index contributed by atoms with van der Waals surface area (Å²) in [6, 6.07) is 8.24. The van der Waals surface area contributed by atoms with Crippen molar-refractivity contribution in [1.82, 2.24) is 5.32 Å². The number of hydrogen-bond donors (Lipinski definition) is 1. The normalized spacial score (nSPS) is 23.6. The van der Waals surface area contributed by atoms with Crippen LogP contribution in [0.15, 0.2) is 24.3 Å². The molecule has 0 saturated carbocycles. The maximum atomic E-state index is 11.3. The minimum Gasteiger partial charge on any atom is -0.329 e. The Morgan fingerprint density at radius 1 is 1.29 bits per heavy atom. The molecule has 1 heterocycles. The summed E-state index contributed by atoms with van der Waals surface area (Å²) in [7, 11) is 0. The fraction of sp³-hybridized carbons (Fsp3) is 0.250. The van der Waals surface area contributed by atoms with Crippen LogP contribution in [0.3, 0.4) is 0 Å². The molecule has 0 bridgehead atoms. The second-order valence-electron chi connectivity index (χ2n) is 3.89. The van der Waals surface area contributed by atoms with Gasteiger partial charge in [-0.1, -0.05) is 30.3 Å². The second kappa shape index (κ2) is 2.71. The molecule has 2 nitrogen and oxygen atoms in total. The smallest absolute Gasteiger partial charge is 0.224 e. The molecule has 1 atom stereocenters. The lowest BCUT2D eigenvalue weighted by molar-refractivity contribution is -0.119. The molecule has 2 aliphatic rings. The van der Waals surface area contributed by atoms with E-state index >= 15 is 0 Å². The molecule has 14 heavy (non-hydrogen) atoms. The lowest BCUT2D eigenvalue weighted by atomic mass is 9.94. The first-order valence-electron chi connectivity index (χ1n) is 4.94. The molecule has 1 N–H and O–H groups in total. The van der Waals surface area contributed by atoms with Crippen molar-refractivity contribution in [2.45, 2.75) is 12.8 Å². The minimum absolute atomic E-state index is 0.162. The van der Waals surface area contributed by atoms with Crippen molar-refractivity contribution in [2.24, 2.45) is 5.92 Å². The summed E-state index contributed by atoms with van der Waals surface area (Å²) in [5, 5.41) is 5.42. The van der Waals surface area contributed by atoms with Crippen molar-refractivity contribution < 1.29 is 4.79 Å². The predicted molar refractivity (Wildman–Crippen MR) is 54.4 cm³/mol. The van der Waals surface area contributed by atoms with Crippen LogP contribution in [-0.2, 0) is 4.79 Å². The molecule has 3 rings (SSSR count). The number of fused-ring (bicyclic) bond motifs is 2. The summed E-state index contributed by atoms with van der Waals surface area (Å²) < 4.78 is 0. The van der Waals surface area contributed by atoms with Gasteiger partial charge in [0.1, 0.15) is 0 Å². The van der Waals surface area contributed by atoms with Crippen molar-refractivity contribution in [2.75, 3.05) is 0 Å². The fourth-order valence-electron chi connectivity index (χ4n) is 2.31. The van der Waals surface area contributed by atoms with Gasteiger partial charge in [0.15, 0.2) is 0 Å². The predicted octanol–water partition coefficient (Wildman–Crippen LogP) is 0.115. The molecule has 0 spiro atoms. The molecule has 1 aliphatic carbocycles. The minimum atomic E-state index is 0.162. The zero-order valence-electron chi connectivity index (χ0n) is 7.79. The van der Waals surface area contributed by atoms with Crippen LogP contribution in [0.1, 0.15) is 12.8 Å². The quantitative estimate of drug-likeness (QED) is 0.611. The van der Waals surface area contributed by atoms with Gasteiger partial charge in [0, 0.05) is 23.3 Å². The van der Waals surface area contributed by atoms with E-state index < -0.39 is 0 Å². The summed E-state index contributed by atoms with van der Waals surface area (Å²) in [5.74, 6) is 0.563. The Hall–Kier alpha value is -1.57. The van der Waals surface area contributed by atoms with Gasteiger partial charge in [-0.25, -0.2) is 0 Å². The molecule has 0 radical (unpaired) electrons. The van der Waals surface area contributed by atoms with Crippen molar-refractivity contribution in [3.8, 4) is 0 Å². The number of carbonyl (C=O) groups is 1. The molecular formula is C12H11NO. The summed E-state index contributed by atoms with van der Waals surface area (Å²) in [6.45, 7) is 0. The Morgan fingerprint density at radius 3 is 3.07 bits per heavy atom. The number of rotatable bonds is 0. The molecule has 0 aromatic heterocycles. The zero-order chi connectivity index (χ0) is 9.54. The van der Waals surface area contributed by atoms with Gasteiger partial charge >= 0.3 is 0 Å². The van der Waals surface area contributed by atoms with E-state index in [0.29, 0.717) is 12.3 Å². The van der Waals surface area contributed by atoms with E-state index in [4.69, 9.17) is 0 Å². The van der Waals surface area contributed by atoms with Gasteiger partial charge in [0.2, 0.25) is 5.91 Å². The molecule has 1 saturated heterocycles. The molecule has 1 aromatic rings. The van der Waals surface area contributed by atoms with E-state index in [1.165, 1.54) is 10.4 Å². The summed E-state index contributed by atoms with van der Waals surface area (Å²) in [5.41, 5.74) is 1.13. The van der Waals surface area contributed by atoms with Gasteiger partial charge < -0.3 is 5.32 Å². The van der Waals surface area contributed by atoms with E-state index in [2.05, 4.69) is 23.5 Å². The van der Waals surface area contributed by atoms with Crippen molar-refractivity contribution in [3.63, 3.8) is 0 Å². The molecule has 1 aliphatic heterocycles. The highest BCUT2D eigenvalue weighted by Gasteiger charge is 2.28. The van der Waals surface area contributed by atoms with Crippen LogP contribution in [0.2, 0.25) is 0 Å². The Morgan fingerprint density at radius 2 is 2.14 bits per heavy atom. The third-order valence-electron chi connectivity index (χ3n) is 2.99. The molecule has 1 amide bonds. The number of carbonyl (C=O) groups excluding carboxylic acids is 1. The van der Waals surface area contributed by atoms with E-state index in [0.717, 1.165) is 12.1 Å². The van der Waals surface area contributed by atoms with Gasteiger partial charge in [-0.3, -0.25) is 4.79 Å². The topological polar surface area (TPSA) is 29.1 Å². The van der Waals surface area contributed by atoms with Gasteiger partial charge in [-0.05, 0) is 11.6 Å². The van der Waals surface area contributed by atoms with Crippen LogP contribution in [0.4, 0.5) is 0 Å². The summed E-state index contributed by atoms with van der Waals surface area (Å²) in [6.07, 6.45) is 3.87. The van der Waals surface area contributed by atoms with Gasteiger partial charge in [-0.15, -0.1) is 0 Å². The summed E-state index contributed by atoms with van der Waals surface area (Å²) in [4.78, 5) is 11.3. The van der Waals surface area contributed by atoms with Crippen LogP contribution in [0.5, 0.6) is 0 Å². The van der Waals surface area contributed by atoms with Crippen LogP contribution >= 0.6 is 0 Å². The summed E-state index contributed by atoms with van der Waals surface area (Å²) >= 11 is 0. The van der Waals surface area contributed by atoms with E-state index in [1.54, 1.807) is 0 Å². The lowest BCUT2D eigenvalue weighted by Gasteiger charge is -2.12. The first-order valence-corrected chi connectivity index (χ1v) is 4.94. The average Bonchev–Trinajstić information content (AvgIpc) is 2.59. The van der Waals surface area contributed by atoms with Gasteiger partial charge in [0.05, 0.1) is 0 Å².